The standard InChI is InChI=1S/C7H6F2N2O2/c8-3-1-4(9)6(11-2-3)5(10)7(12)13/h1-2,5H,10H2,(H,12,13)/t5-/m0/s1. The van der Waals surface area contributed by atoms with Crippen LogP contribution in [-0.4, -0.2) is 16.1 Å². The maximum Gasteiger partial charge on any atom is 0.326 e. The molecule has 1 aromatic heterocycles. The van der Waals surface area contributed by atoms with E-state index in [0.717, 1.165) is 0 Å². The Kier molecular flexibility index (Phi) is 2.52. The molecule has 1 atom stereocenters. The Hall–Kier alpha value is -1.56. The zero-order chi connectivity index (χ0) is 10.0. The van der Waals surface area contributed by atoms with Gasteiger partial charge in [-0.3, -0.25) is 9.78 Å². The van der Waals surface area contributed by atoms with Gasteiger partial charge in [-0.1, -0.05) is 0 Å². The largest absolute Gasteiger partial charge is 0.480 e. The summed E-state index contributed by atoms with van der Waals surface area (Å²) in [5.74, 6) is -3.35. The molecule has 4 nitrogen and oxygen atoms in total. The first-order chi connectivity index (χ1) is 6.02. The number of pyridine rings is 1. The summed E-state index contributed by atoms with van der Waals surface area (Å²) in [5, 5.41) is 8.40. The second-order valence-corrected chi connectivity index (χ2v) is 2.34. The van der Waals surface area contributed by atoms with E-state index in [4.69, 9.17) is 10.8 Å². The molecule has 0 amide bonds. The maximum absolute atomic E-state index is 12.8. The van der Waals surface area contributed by atoms with Crippen LogP contribution in [0, 0.1) is 11.6 Å². The summed E-state index contributed by atoms with van der Waals surface area (Å²) >= 11 is 0. The first-order valence-corrected chi connectivity index (χ1v) is 3.31. The number of nitrogens with zero attached hydrogens (tertiary/aromatic N) is 1. The summed E-state index contributed by atoms with van der Waals surface area (Å²) in [7, 11) is 0. The highest BCUT2D eigenvalue weighted by Gasteiger charge is 2.20. The fourth-order valence-electron chi connectivity index (χ4n) is 0.771. The number of aliphatic carboxylic acids is 1. The number of hydrogen-bond donors (Lipinski definition) is 2. The average Bonchev–Trinajstić information content (AvgIpc) is 2.03. The smallest absolute Gasteiger partial charge is 0.326 e. The Morgan fingerprint density at radius 1 is 1.62 bits per heavy atom. The van der Waals surface area contributed by atoms with Crippen molar-refractivity contribution in [1.29, 1.82) is 0 Å². The van der Waals surface area contributed by atoms with E-state index in [1.54, 1.807) is 0 Å². The van der Waals surface area contributed by atoms with Crippen molar-refractivity contribution in [3.05, 3.63) is 29.6 Å². The third-order valence-corrected chi connectivity index (χ3v) is 1.40. The first-order valence-electron chi connectivity index (χ1n) is 3.31. The first kappa shape index (κ1) is 9.53. The molecule has 0 saturated heterocycles. The third kappa shape index (κ3) is 1.97. The molecule has 0 spiro atoms. The van der Waals surface area contributed by atoms with Crippen LogP contribution < -0.4 is 5.73 Å². The molecule has 1 rings (SSSR count). The van der Waals surface area contributed by atoms with Gasteiger partial charge in [-0.2, -0.15) is 0 Å². The molecule has 1 heterocycles. The fourth-order valence-corrected chi connectivity index (χ4v) is 0.771. The Morgan fingerprint density at radius 2 is 2.23 bits per heavy atom. The molecule has 0 aliphatic heterocycles. The number of aromatic nitrogens is 1. The zero-order valence-electron chi connectivity index (χ0n) is 6.37. The van der Waals surface area contributed by atoms with Crippen molar-refractivity contribution >= 4 is 5.97 Å². The quantitative estimate of drug-likeness (QED) is 0.706. The van der Waals surface area contributed by atoms with E-state index in [2.05, 4.69) is 4.98 Å². The Morgan fingerprint density at radius 3 is 2.69 bits per heavy atom. The molecule has 0 aliphatic carbocycles. The van der Waals surface area contributed by atoms with Gasteiger partial charge in [-0.05, 0) is 0 Å². The second-order valence-electron chi connectivity index (χ2n) is 2.34. The predicted molar refractivity (Wildman–Crippen MR) is 38.7 cm³/mol. The van der Waals surface area contributed by atoms with Crippen molar-refractivity contribution < 1.29 is 18.7 Å². The maximum atomic E-state index is 12.8. The molecule has 0 radical (unpaired) electrons. The van der Waals surface area contributed by atoms with Gasteiger partial charge in [0.05, 0.1) is 6.20 Å². The van der Waals surface area contributed by atoms with Gasteiger partial charge in [0.25, 0.3) is 0 Å². The molecule has 0 aliphatic rings. The highest BCUT2D eigenvalue weighted by atomic mass is 19.1. The number of hydrogen-bond acceptors (Lipinski definition) is 3. The minimum absolute atomic E-state index is 0.478. The van der Waals surface area contributed by atoms with Crippen LogP contribution in [0.15, 0.2) is 12.3 Å². The summed E-state index contributed by atoms with van der Waals surface area (Å²) in [5.41, 5.74) is 4.59. The number of halogens is 2. The van der Waals surface area contributed by atoms with Crippen LogP contribution in [0.4, 0.5) is 8.78 Å². The summed E-state index contributed by atoms with van der Waals surface area (Å²) in [6.45, 7) is 0. The molecule has 6 heteroatoms. The average molecular weight is 188 g/mol. The second kappa shape index (κ2) is 3.44. The monoisotopic (exact) mass is 188 g/mol. The Labute approximate surface area is 72.0 Å². The third-order valence-electron chi connectivity index (χ3n) is 1.40. The van der Waals surface area contributed by atoms with Crippen molar-refractivity contribution in [3.8, 4) is 0 Å². The van der Waals surface area contributed by atoms with Crippen LogP contribution in [0.5, 0.6) is 0 Å². The number of carboxylic acid groups (broad SMARTS) is 1. The zero-order valence-corrected chi connectivity index (χ0v) is 6.37. The summed E-state index contributed by atoms with van der Waals surface area (Å²) < 4.78 is 25.1. The van der Waals surface area contributed by atoms with E-state index in [1.165, 1.54) is 0 Å². The molecule has 0 saturated carbocycles. The molecule has 0 fully saturated rings. The van der Waals surface area contributed by atoms with Crippen molar-refractivity contribution in [2.45, 2.75) is 6.04 Å². The molecule has 70 valence electrons. The van der Waals surface area contributed by atoms with Crippen LogP contribution >= 0.6 is 0 Å². The minimum Gasteiger partial charge on any atom is -0.480 e. The number of carbonyl (C=O) groups is 1. The van der Waals surface area contributed by atoms with E-state index in [1.807, 2.05) is 0 Å². The van der Waals surface area contributed by atoms with Gasteiger partial charge in [0.2, 0.25) is 0 Å². The van der Waals surface area contributed by atoms with E-state index >= 15 is 0 Å². The fraction of sp³-hybridized carbons (Fsp3) is 0.143. The van der Waals surface area contributed by atoms with Crippen molar-refractivity contribution in [2.24, 2.45) is 5.73 Å². The Balaban J connectivity index is 3.08. The highest BCUT2D eigenvalue weighted by molar-refractivity contribution is 5.74. The van der Waals surface area contributed by atoms with Crippen LogP contribution in [0.3, 0.4) is 0 Å². The molecular weight excluding hydrogens is 182 g/mol. The predicted octanol–water partition coefficient (Wildman–Crippen LogP) is 0.444. The van der Waals surface area contributed by atoms with Gasteiger partial charge < -0.3 is 10.8 Å². The van der Waals surface area contributed by atoms with Gasteiger partial charge in [-0.15, -0.1) is 0 Å². The van der Waals surface area contributed by atoms with Crippen LogP contribution in [0.1, 0.15) is 11.7 Å². The molecular formula is C7H6F2N2O2. The van der Waals surface area contributed by atoms with Crippen molar-refractivity contribution in [3.63, 3.8) is 0 Å². The molecule has 0 bridgehead atoms. The molecule has 1 aromatic rings. The minimum atomic E-state index is -1.57. The molecule has 0 unspecified atom stereocenters. The van der Waals surface area contributed by atoms with E-state index < -0.39 is 29.3 Å². The lowest BCUT2D eigenvalue weighted by atomic mass is 10.2. The van der Waals surface area contributed by atoms with Gasteiger partial charge in [0, 0.05) is 6.07 Å². The van der Waals surface area contributed by atoms with Crippen LogP contribution in [0.25, 0.3) is 0 Å². The lowest BCUT2D eigenvalue weighted by molar-refractivity contribution is -0.138. The topological polar surface area (TPSA) is 76.2 Å². The van der Waals surface area contributed by atoms with Crippen molar-refractivity contribution in [1.82, 2.24) is 4.98 Å². The van der Waals surface area contributed by atoms with Gasteiger partial charge >= 0.3 is 5.97 Å². The van der Waals surface area contributed by atoms with Crippen molar-refractivity contribution in [2.75, 3.05) is 0 Å². The van der Waals surface area contributed by atoms with Crippen LogP contribution in [-0.2, 0) is 4.79 Å². The highest BCUT2D eigenvalue weighted by Crippen LogP contribution is 2.12. The Bertz CT molecular complexity index is 343. The molecule has 0 aromatic carbocycles. The lowest BCUT2D eigenvalue weighted by Crippen LogP contribution is -2.23. The number of rotatable bonds is 2. The van der Waals surface area contributed by atoms with E-state index in [-0.39, 0.29) is 0 Å². The van der Waals surface area contributed by atoms with Gasteiger partial charge in [0.15, 0.2) is 0 Å². The van der Waals surface area contributed by atoms with Gasteiger partial charge in [-0.25, -0.2) is 8.78 Å². The van der Waals surface area contributed by atoms with E-state index in [9.17, 15) is 13.6 Å². The summed E-state index contributed by atoms with van der Waals surface area (Å²) in [6.07, 6.45) is 0.710. The molecule has 13 heavy (non-hydrogen) atoms. The lowest BCUT2D eigenvalue weighted by Gasteiger charge is -2.05. The summed E-state index contributed by atoms with van der Waals surface area (Å²) in [6, 6.07) is -1.04. The number of nitrogens with two attached hydrogens (primary N) is 1. The van der Waals surface area contributed by atoms with Crippen LogP contribution in [0.2, 0.25) is 0 Å². The summed E-state index contributed by atoms with van der Waals surface area (Å²) in [4.78, 5) is 13.6. The molecule has 3 N–H and O–H groups in total. The SMILES string of the molecule is N[C@H](C(=O)O)c1ncc(F)cc1F. The van der Waals surface area contributed by atoms with Gasteiger partial charge in [0.1, 0.15) is 23.4 Å². The normalized spacial score (nSPS) is 12.5. The number of carboxylic acids is 1. The van der Waals surface area contributed by atoms with E-state index in [0.29, 0.717) is 12.3 Å².